The Bertz CT molecular complexity index is 269. The zero-order valence-electron chi connectivity index (χ0n) is 7.29. The lowest BCUT2D eigenvalue weighted by molar-refractivity contribution is 0.00759. The fraction of sp³-hybridized carbons (Fsp3) is 0.400. The molecule has 1 saturated heterocycles. The summed E-state index contributed by atoms with van der Waals surface area (Å²) in [5, 5.41) is 3.93. The molecule has 0 atom stereocenters. The van der Waals surface area contributed by atoms with Gasteiger partial charge in [0.05, 0.1) is 12.7 Å². The van der Waals surface area contributed by atoms with Gasteiger partial charge in [-0.2, -0.15) is 0 Å². The molecule has 0 unspecified atom stereocenters. The maximum atomic E-state index is 5.76. The molecule has 0 saturated carbocycles. The first-order chi connectivity index (χ1) is 6.34. The molecule has 0 bridgehead atoms. The molecule has 70 valence electrons. The van der Waals surface area contributed by atoms with Crippen molar-refractivity contribution in [2.24, 2.45) is 0 Å². The zero-order chi connectivity index (χ0) is 9.10. The van der Waals surface area contributed by atoms with Crippen LogP contribution >= 0.6 is 11.6 Å². The molecular formula is C10H12ClNO. The van der Waals surface area contributed by atoms with Gasteiger partial charge < -0.3 is 10.1 Å². The zero-order valence-corrected chi connectivity index (χ0v) is 8.05. The second-order valence-electron chi connectivity index (χ2n) is 3.22. The van der Waals surface area contributed by atoms with Crippen molar-refractivity contribution in [1.82, 2.24) is 5.32 Å². The van der Waals surface area contributed by atoms with Crippen LogP contribution in [0.2, 0.25) is 5.02 Å². The van der Waals surface area contributed by atoms with Crippen molar-refractivity contribution in [2.75, 3.05) is 13.1 Å². The first-order valence-electron chi connectivity index (χ1n) is 4.41. The Labute approximate surface area is 82.9 Å². The van der Waals surface area contributed by atoms with E-state index >= 15 is 0 Å². The molecule has 1 aromatic carbocycles. The van der Waals surface area contributed by atoms with E-state index in [9.17, 15) is 0 Å². The molecule has 3 heteroatoms. The van der Waals surface area contributed by atoms with Gasteiger partial charge in [-0.15, -0.1) is 0 Å². The van der Waals surface area contributed by atoms with Crippen LogP contribution in [0.4, 0.5) is 0 Å². The average Bonchev–Trinajstić information content (AvgIpc) is 2.05. The highest BCUT2D eigenvalue weighted by molar-refractivity contribution is 6.30. The molecule has 2 nitrogen and oxygen atoms in total. The van der Waals surface area contributed by atoms with Crippen molar-refractivity contribution in [3.63, 3.8) is 0 Å². The second kappa shape index (κ2) is 4.09. The molecule has 0 aromatic heterocycles. The van der Waals surface area contributed by atoms with E-state index in [-0.39, 0.29) is 0 Å². The molecule has 0 amide bonds. The van der Waals surface area contributed by atoms with Crippen LogP contribution in [0.5, 0.6) is 0 Å². The van der Waals surface area contributed by atoms with Crippen LogP contribution in [-0.2, 0) is 11.3 Å². The van der Waals surface area contributed by atoms with Gasteiger partial charge in [0.25, 0.3) is 0 Å². The summed E-state index contributed by atoms with van der Waals surface area (Å²) in [5.41, 5.74) is 1.18. The molecule has 0 spiro atoms. The summed E-state index contributed by atoms with van der Waals surface area (Å²) in [6.07, 6.45) is 0.399. The van der Waals surface area contributed by atoms with E-state index in [0.717, 1.165) is 18.1 Å². The maximum absolute atomic E-state index is 5.76. The fourth-order valence-electron chi connectivity index (χ4n) is 1.17. The van der Waals surface area contributed by atoms with E-state index in [1.165, 1.54) is 5.56 Å². The van der Waals surface area contributed by atoms with Crippen LogP contribution in [0.15, 0.2) is 24.3 Å². The van der Waals surface area contributed by atoms with E-state index in [1.807, 2.05) is 24.3 Å². The summed E-state index contributed by atoms with van der Waals surface area (Å²) in [5.74, 6) is 0. The highest BCUT2D eigenvalue weighted by Gasteiger charge is 2.16. The number of rotatable bonds is 3. The summed E-state index contributed by atoms with van der Waals surface area (Å²) in [6.45, 7) is 2.64. The predicted octanol–water partition coefficient (Wildman–Crippen LogP) is 1.83. The largest absolute Gasteiger partial charge is 0.371 e. The summed E-state index contributed by atoms with van der Waals surface area (Å²) < 4.78 is 5.60. The molecule has 1 N–H and O–H groups in total. The highest BCUT2D eigenvalue weighted by atomic mass is 35.5. The van der Waals surface area contributed by atoms with E-state index in [1.54, 1.807) is 0 Å². The van der Waals surface area contributed by atoms with Crippen molar-refractivity contribution in [1.29, 1.82) is 0 Å². The van der Waals surface area contributed by atoms with Gasteiger partial charge in [-0.1, -0.05) is 23.7 Å². The molecule has 1 aromatic rings. The van der Waals surface area contributed by atoms with Gasteiger partial charge in [0, 0.05) is 18.1 Å². The average molecular weight is 198 g/mol. The smallest absolute Gasteiger partial charge is 0.0828 e. The van der Waals surface area contributed by atoms with Crippen LogP contribution in [0, 0.1) is 0 Å². The standard InChI is InChI=1S/C10H12ClNO/c11-9-3-1-8(2-4-9)7-13-10-5-12-6-10/h1-4,10,12H,5-7H2. The van der Waals surface area contributed by atoms with Gasteiger partial charge >= 0.3 is 0 Å². The normalized spacial score (nSPS) is 17.0. The third kappa shape index (κ3) is 2.44. The molecular weight excluding hydrogens is 186 g/mol. The van der Waals surface area contributed by atoms with Crippen molar-refractivity contribution >= 4 is 11.6 Å². The summed E-state index contributed by atoms with van der Waals surface area (Å²) in [4.78, 5) is 0. The first kappa shape index (κ1) is 9.00. The van der Waals surface area contributed by atoms with Crippen molar-refractivity contribution in [2.45, 2.75) is 12.7 Å². The fourth-order valence-corrected chi connectivity index (χ4v) is 1.30. The van der Waals surface area contributed by atoms with Crippen molar-refractivity contribution in [3.05, 3.63) is 34.9 Å². The van der Waals surface area contributed by atoms with Crippen LogP contribution in [0.3, 0.4) is 0 Å². The van der Waals surface area contributed by atoms with Gasteiger partial charge in [0.2, 0.25) is 0 Å². The first-order valence-corrected chi connectivity index (χ1v) is 4.79. The van der Waals surface area contributed by atoms with E-state index < -0.39 is 0 Å². The molecule has 1 heterocycles. The summed E-state index contributed by atoms with van der Waals surface area (Å²) in [7, 11) is 0. The Balaban J connectivity index is 1.83. The lowest BCUT2D eigenvalue weighted by Gasteiger charge is -2.27. The monoisotopic (exact) mass is 197 g/mol. The van der Waals surface area contributed by atoms with E-state index in [4.69, 9.17) is 16.3 Å². The molecule has 1 aliphatic rings. The Morgan fingerprint density at radius 3 is 2.54 bits per heavy atom. The number of hydrogen-bond acceptors (Lipinski definition) is 2. The van der Waals surface area contributed by atoms with Crippen LogP contribution in [0.1, 0.15) is 5.56 Å². The minimum atomic E-state index is 0.399. The lowest BCUT2D eigenvalue weighted by Crippen LogP contribution is -2.48. The number of hydrogen-bond donors (Lipinski definition) is 1. The molecule has 1 fully saturated rings. The predicted molar refractivity (Wildman–Crippen MR) is 52.9 cm³/mol. The molecule has 2 rings (SSSR count). The number of ether oxygens (including phenoxy) is 1. The Morgan fingerprint density at radius 1 is 1.31 bits per heavy atom. The molecule has 1 aliphatic heterocycles. The van der Waals surface area contributed by atoms with Gasteiger partial charge in [-0.05, 0) is 17.7 Å². The Hall–Kier alpha value is -0.570. The molecule has 0 radical (unpaired) electrons. The second-order valence-corrected chi connectivity index (χ2v) is 3.65. The number of halogens is 1. The van der Waals surface area contributed by atoms with Gasteiger partial charge in [-0.25, -0.2) is 0 Å². The van der Waals surface area contributed by atoms with E-state index in [0.29, 0.717) is 12.7 Å². The van der Waals surface area contributed by atoms with Gasteiger partial charge in [0.1, 0.15) is 0 Å². The topological polar surface area (TPSA) is 21.3 Å². The minimum Gasteiger partial charge on any atom is -0.371 e. The minimum absolute atomic E-state index is 0.399. The number of benzene rings is 1. The summed E-state index contributed by atoms with van der Waals surface area (Å²) >= 11 is 5.76. The Morgan fingerprint density at radius 2 is 2.00 bits per heavy atom. The number of nitrogens with one attached hydrogen (secondary N) is 1. The SMILES string of the molecule is Clc1ccc(COC2CNC2)cc1. The third-order valence-electron chi connectivity index (χ3n) is 2.14. The van der Waals surface area contributed by atoms with Crippen molar-refractivity contribution < 1.29 is 4.74 Å². The summed E-state index contributed by atoms with van der Waals surface area (Å²) in [6, 6.07) is 7.77. The third-order valence-corrected chi connectivity index (χ3v) is 2.39. The van der Waals surface area contributed by atoms with Crippen LogP contribution in [0.25, 0.3) is 0 Å². The van der Waals surface area contributed by atoms with E-state index in [2.05, 4.69) is 5.32 Å². The van der Waals surface area contributed by atoms with Crippen LogP contribution < -0.4 is 5.32 Å². The quantitative estimate of drug-likeness (QED) is 0.799. The van der Waals surface area contributed by atoms with Gasteiger partial charge in [-0.3, -0.25) is 0 Å². The van der Waals surface area contributed by atoms with Crippen molar-refractivity contribution in [3.8, 4) is 0 Å². The Kier molecular flexibility index (Phi) is 2.83. The van der Waals surface area contributed by atoms with Gasteiger partial charge in [0.15, 0.2) is 0 Å². The highest BCUT2D eigenvalue weighted by Crippen LogP contribution is 2.11. The van der Waals surface area contributed by atoms with Crippen LogP contribution in [-0.4, -0.2) is 19.2 Å². The maximum Gasteiger partial charge on any atom is 0.0828 e. The lowest BCUT2D eigenvalue weighted by atomic mass is 10.2. The molecule has 13 heavy (non-hydrogen) atoms. The molecule has 0 aliphatic carbocycles.